The highest BCUT2D eigenvalue weighted by Crippen LogP contribution is 2.33. The summed E-state index contributed by atoms with van der Waals surface area (Å²) < 4.78 is 7.64. The van der Waals surface area contributed by atoms with E-state index in [0.29, 0.717) is 17.1 Å². The SMILES string of the molecule is Cc1ccc(C)c(Oc2c(C(N)=NO)c(C)nn2C)c1C. The zero-order chi connectivity index (χ0) is 15.7. The molecule has 0 saturated heterocycles. The molecule has 0 aliphatic carbocycles. The van der Waals surface area contributed by atoms with Gasteiger partial charge in [-0.2, -0.15) is 5.10 Å². The summed E-state index contributed by atoms with van der Waals surface area (Å²) in [6.07, 6.45) is 0. The monoisotopic (exact) mass is 288 g/mol. The standard InChI is InChI=1S/C15H20N4O2/c1-8-6-7-9(2)13(10(8)3)21-15-12(14(16)18-20)11(4)17-19(15)5/h6-7,20H,1-5H3,(H2,16,18). The second-order valence-corrected chi connectivity index (χ2v) is 5.13. The fourth-order valence-corrected chi connectivity index (χ4v) is 2.28. The van der Waals surface area contributed by atoms with Crippen molar-refractivity contribution in [2.45, 2.75) is 27.7 Å². The lowest BCUT2D eigenvalue weighted by Crippen LogP contribution is -2.15. The highest BCUT2D eigenvalue weighted by atomic mass is 16.5. The van der Waals surface area contributed by atoms with Crippen LogP contribution in [0.15, 0.2) is 17.3 Å². The largest absolute Gasteiger partial charge is 0.438 e. The van der Waals surface area contributed by atoms with E-state index in [4.69, 9.17) is 15.7 Å². The Labute approximate surface area is 123 Å². The topological polar surface area (TPSA) is 85.7 Å². The summed E-state index contributed by atoms with van der Waals surface area (Å²) in [6, 6.07) is 4.06. The Morgan fingerprint density at radius 1 is 1.24 bits per heavy atom. The summed E-state index contributed by atoms with van der Waals surface area (Å²) >= 11 is 0. The number of nitrogens with zero attached hydrogens (tertiary/aromatic N) is 3. The molecule has 1 heterocycles. The third-order valence-electron chi connectivity index (χ3n) is 3.61. The molecule has 0 saturated carbocycles. The van der Waals surface area contributed by atoms with E-state index in [-0.39, 0.29) is 5.84 Å². The van der Waals surface area contributed by atoms with Gasteiger partial charge in [0.05, 0.1) is 5.69 Å². The van der Waals surface area contributed by atoms with Gasteiger partial charge >= 0.3 is 0 Å². The minimum atomic E-state index is -0.0152. The average molecular weight is 288 g/mol. The summed E-state index contributed by atoms with van der Waals surface area (Å²) in [4.78, 5) is 0. The van der Waals surface area contributed by atoms with Crippen LogP contribution in [-0.2, 0) is 7.05 Å². The number of aromatic nitrogens is 2. The van der Waals surface area contributed by atoms with Crippen molar-refractivity contribution in [3.8, 4) is 11.6 Å². The second kappa shape index (κ2) is 5.47. The minimum absolute atomic E-state index is 0.0152. The van der Waals surface area contributed by atoms with Crippen LogP contribution < -0.4 is 10.5 Å². The quantitative estimate of drug-likeness (QED) is 0.393. The molecule has 0 aliphatic rings. The number of ether oxygens (including phenoxy) is 1. The maximum Gasteiger partial charge on any atom is 0.229 e. The van der Waals surface area contributed by atoms with Crippen molar-refractivity contribution in [2.75, 3.05) is 0 Å². The van der Waals surface area contributed by atoms with Crippen molar-refractivity contribution in [3.63, 3.8) is 0 Å². The maximum absolute atomic E-state index is 8.94. The first kappa shape index (κ1) is 14.9. The van der Waals surface area contributed by atoms with Gasteiger partial charge in [0.15, 0.2) is 5.84 Å². The molecule has 0 aliphatic heterocycles. The number of hydrogen-bond acceptors (Lipinski definition) is 4. The minimum Gasteiger partial charge on any atom is -0.438 e. The number of aryl methyl sites for hydroxylation is 4. The van der Waals surface area contributed by atoms with Crippen LogP contribution in [0.1, 0.15) is 27.9 Å². The zero-order valence-corrected chi connectivity index (χ0v) is 12.9. The smallest absolute Gasteiger partial charge is 0.229 e. The van der Waals surface area contributed by atoms with Gasteiger partial charge in [-0.1, -0.05) is 17.3 Å². The third kappa shape index (κ3) is 2.56. The van der Waals surface area contributed by atoms with E-state index in [1.165, 1.54) is 0 Å². The lowest BCUT2D eigenvalue weighted by atomic mass is 10.1. The van der Waals surface area contributed by atoms with Crippen molar-refractivity contribution >= 4 is 5.84 Å². The maximum atomic E-state index is 8.94. The van der Waals surface area contributed by atoms with Gasteiger partial charge in [-0.3, -0.25) is 0 Å². The van der Waals surface area contributed by atoms with E-state index in [9.17, 15) is 0 Å². The van der Waals surface area contributed by atoms with Gasteiger partial charge in [0.2, 0.25) is 5.88 Å². The molecule has 0 radical (unpaired) electrons. The molecule has 0 bridgehead atoms. The van der Waals surface area contributed by atoms with Gasteiger partial charge in [0.1, 0.15) is 11.3 Å². The Bertz CT molecular complexity index is 717. The fraction of sp³-hybridized carbons (Fsp3) is 0.333. The molecule has 6 nitrogen and oxygen atoms in total. The van der Waals surface area contributed by atoms with Gasteiger partial charge in [0.25, 0.3) is 0 Å². The van der Waals surface area contributed by atoms with Crippen LogP contribution in [0.4, 0.5) is 0 Å². The lowest BCUT2D eigenvalue weighted by molar-refractivity contribution is 0.318. The molecule has 21 heavy (non-hydrogen) atoms. The van der Waals surface area contributed by atoms with Gasteiger partial charge in [-0.25, -0.2) is 4.68 Å². The molecule has 112 valence electrons. The van der Waals surface area contributed by atoms with Gasteiger partial charge in [0, 0.05) is 7.05 Å². The molecule has 0 spiro atoms. The second-order valence-electron chi connectivity index (χ2n) is 5.13. The normalized spacial score (nSPS) is 11.8. The van der Waals surface area contributed by atoms with Crippen molar-refractivity contribution in [1.82, 2.24) is 9.78 Å². The number of rotatable bonds is 3. The van der Waals surface area contributed by atoms with Crippen molar-refractivity contribution in [2.24, 2.45) is 17.9 Å². The third-order valence-corrected chi connectivity index (χ3v) is 3.61. The van der Waals surface area contributed by atoms with Crippen LogP contribution in [0.5, 0.6) is 11.6 Å². The molecule has 3 N–H and O–H groups in total. The van der Waals surface area contributed by atoms with E-state index in [1.54, 1.807) is 18.7 Å². The van der Waals surface area contributed by atoms with E-state index in [1.807, 2.05) is 26.8 Å². The van der Waals surface area contributed by atoms with Crippen molar-refractivity contribution < 1.29 is 9.94 Å². The van der Waals surface area contributed by atoms with E-state index < -0.39 is 0 Å². The first-order valence-electron chi connectivity index (χ1n) is 6.63. The van der Waals surface area contributed by atoms with E-state index >= 15 is 0 Å². The Kier molecular flexibility index (Phi) is 3.88. The van der Waals surface area contributed by atoms with Crippen LogP contribution in [0.2, 0.25) is 0 Å². The molecule has 0 amide bonds. The van der Waals surface area contributed by atoms with Crippen molar-refractivity contribution in [3.05, 3.63) is 40.1 Å². The fourth-order valence-electron chi connectivity index (χ4n) is 2.28. The molecule has 0 fully saturated rings. The van der Waals surface area contributed by atoms with Gasteiger partial charge in [-0.15, -0.1) is 0 Å². The van der Waals surface area contributed by atoms with E-state index in [0.717, 1.165) is 22.4 Å². The molecular formula is C15H20N4O2. The van der Waals surface area contributed by atoms with Crippen LogP contribution in [-0.4, -0.2) is 20.8 Å². The van der Waals surface area contributed by atoms with E-state index in [2.05, 4.69) is 16.3 Å². The first-order chi connectivity index (χ1) is 9.86. The first-order valence-corrected chi connectivity index (χ1v) is 6.63. The number of nitrogens with two attached hydrogens (primary N) is 1. The summed E-state index contributed by atoms with van der Waals surface area (Å²) in [5.41, 5.74) is 10.1. The molecule has 1 aromatic heterocycles. The highest BCUT2D eigenvalue weighted by molar-refractivity contribution is 6.00. The Hall–Kier alpha value is -2.50. The number of oxime groups is 1. The van der Waals surface area contributed by atoms with Crippen molar-refractivity contribution in [1.29, 1.82) is 0 Å². The number of amidine groups is 1. The van der Waals surface area contributed by atoms with Crippen LogP contribution >= 0.6 is 0 Å². The highest BCUT2D eigenvalue weighted by Gasteiger charge is 2.20. The Morgan fingerprint density at radius 3 is 2.48 bits per heavy atom. The number of benzene rings is 1. The summed E-state index contributed by atoms with van der Waals surface area (Å²) in [6.45, 7) is 7.80. The summed E-state index contributed by atoms with van der Waals surface area (Å²) in [7, 11) is 1.76. The van der Waals surface area contributed by atoms with Gasteiger partial charge < -0.3 is 15.7 Å². The molecule has 1 aromatic carbocycles. The molecule has 2 aromatic rings. The molecule has 6 heteroatoms. The lowest BCUT2D eigenvalue weighted by Gasteiger charge is -2.14. The summed E-state index contributed by atoms with van der Waals surface area (Å²) in [5.74, 6) is 1.21. The molecule has 0 atom stereocenters. The van der Waals surface area contributed by atoms with Gasteiger partial charge in [-0.05, 0) is 44.4 Å². The van der Waals surface area contributed by atoms with Crippen LogP contribution in [0.3, 0.4) is 0 Å². The van der Waals surface area contributed by atoms with Crippen LogP contribution in [0, 0.1) is 27.7 Å². The number of hydrogen-bond donors (Lipinski definition) is 2. The summed E-state index contributed by atoms with van der Waals surface area (Å²) in [5, 5.41) is 16.3. The molecule has 2 rings (SSSR count). The molecule has 0 unspecified atom stereocenters. The zero-order valence-electron chi connectivity index (χ0n) is 12.9. The average Bonchev–Trinajstić information content (AvgIpc) is 2.72. The Morgan fingerprint density at radius 2 is 1.86 bits per heavy atom. The Balaban J connectivity index is 2.58. The predicted molar refractivity (Wildman–Crippen MR) is 81.2 cm³/mol. The van der Waals surface area contributed by atoms with Crippen LogP contribution in [0.25, 0.3) is 0 Å². The molecular weight excluding hydrogens is 268 g/mol. The predicted octanol–water partition coefficient (Wildman–Crippen LogP) is 2.54.